The Labute approximate surface area is 127 Å². The topological polar surface area (TPSA) is 58.3 Å². The highest BCUT2D eigenvalue weighted by atomic mass is 15.3. The van der Waals surface area contributed by atoms with Gasteiger partial charge in [0, 0.05) is 26.2 Å². The first-order valence-corrected chi connectivity index (χ1v) is 8.25. The number of nitrogens with zero attached hydrogens (tertiary/aromatic N) is 4. The molecule has 2 saturated heterocycles. The van der Waals surface area contributed by atoms with E-state index in [9.17, 15) is 0 Å². The molecule has 2 aliphatic rings. The van der Waals surface area contributed by atoms with Crippen molar-refractivity contribution < 1.29 is 0 Å². The van der Waals surface area contributed by atoms with Gasteiger partial charge in [-0.05, 0) is 37.5 Å². The van der Waals surface area contributed by atoms with Gasteiger partial charge in [0.05, 0.1) is 0 Å². The molecule has 0 spiro atoms. The largest absolute Gasteiger partial charge is 0.393 e. The SMILES string of the molecule is CC1CCN(c2ncnc(N3CCCC(C)C3)c2N)CC1. The van der Waals surface area contributed by atoms with E-state index in [4.69, 9.17) is 5.73 Å². The van der Waals surface area contributed by atoms with Gasteiger partial charge in [0.1, 0.15) is 12.0 Å². The van der Waals surface area contributed by atoms with Gasteiger partial charge in [0.25, 0.3) is 0 Å². The molecule has 0 amide bonds. The monoisotopic (exact) mass is 289 g/mol. The van der Waals surface area contributed by atoms with Gasteiger partial charge >= 0.3 is 0 Å². The highest BCUT2D eigenvalue weighted by Gasteiger charge is 2.24. The van der Waals surface area contributed by atoms with Crippen LogP contribution in [0.5, 0.6) is 0 Å². The lowest BCUT2D eigenvalue weighted by molar-refractivity contribution is 0.436. The molecule has 3 rings (SSSR count). The van der Waals surface area contributed by atoms with Gasteiger partial charge < -0.3 is 15.5 Å². The predicted octanol–water partition coefficient (Wildman–Crippen LogP) is 2.53. The molecule has 2 fully saturated rings. The first-order chi connectivity index (χ1) is 10.1. The first kappa shape index (κ1) is 14.4. The Bertz CT molecular complexity index is 482. The fourth-order valence-corrected chi connectivity index (χ4v) is 3.48. The third-order valence-electron chi connectivity index (χ3n) is 4.88. The summed E-state index contributed by atoms with van der Waals surface area (Å²) in [7, 11) is 0. The average Bonchev–Trinajstić information content (AvgIpc) is 2.48. The molecular weight excluding hydrogens is 262 g/mol. The summed E-state index contributed by atoms with van der Waals surface area (Å²) >= 11 is 0. The van der Waals surface area contributed by atoms with E-state index in [1.165, 1.54) is 25.7 Å². The number of nitrogens with two attached hydrogens (primary N) is 1. The molecule has 3 heterocycles. The minimum absolute atomic E-state index is 0.715. The van der Waals surface area contributed by atoms with Crippen LogP contribution in [0.25, 0.3) is 0 Å². The van der Waals surface area contributed by atoms with Crippen molar-refractivity contribution in [1.29, 1.82) is 0 Å². The fourth-order valence-electron chi connectivity index (χ4n) is 3.48. The van der Waals surface area contributed by atoms with Crippen LogP contribution in [-0.4, -0.2) is 36.1 Å². The van der Waals surface area contributed by atoms with Crippen LogP contribution in [0, 0.1) is 11.8 Å². The van der Waals surface area contributed by atoms with Crippen LogP contribution < -0.4 is 15.5 Å². The lowest BCUT2D eigenvalue weighted by Crippen LogP contribution is -2.37. The average molecular weight is 289 g/mol. The van der Waals surface area contributed by atoms with Crippen LogP contribution in [-0.2, 0) is 0 Å². The van der Waals surface area contributed by atoms with E-state index in [1.54, 1.807) is 6.33 Å². The molecular formula is C16H27N5. The van der Waals surface area contributed by atoms with Gasteiger partial charge in [0.2, 0.25) is 0 Å². The summed E-state index contributed by atoms with van der Waals surface area (Å²) in [4.78, 5) is 13.6. The Morgan fingerprint density at radius 2 is 1.62 bits per heavy atom. The third-order valence-corrected chi connectivity index (χ3v) is 4.88. The molecule has 0 bridgehead atoms. The van der Waals surface area contributed by atoms with Gasteiger partial charge in [-0.2, -0.15) is 0 Å². The van der Waals surface area contributed by atoms with Crippen LogP contribution >= 0.6 is 0 Å². The van der Waals surface area contributed by atoms with Gasteiger partial charge in [-0.15, -0.1) is 0 Å². The Morgan fingerprint density at radius 3 is 2.29 bits per heavy atom. The summed E-state index contributed by atoms with van der Waals surface area (Å²) in [5, 5.41) is 0. The quantitative estimate of drug-likeness (QED) is 0.906. The molecule has 2 N–H and O–H groups in total. The van der Waals surface area contributed by atoms with E-state index < -0.39 is 0 Å². The van der Waals surface area contributed by atoms with Crippen LogP contribution in [0.3, 0.4) is 0 Å². The van der Waals surface area contributed by atoms with Gasteiger partial charge in [-0.3, -0.25) is 0 Å². The molecule has 0 aromatic carbocycles. The first-order valence-electron chi connectivity index (χ1n) is 8.25. The highest BCUT2D eigenvalue weighted by molar-refractivity contribution is 5.75. The number of anilines is 3. The van der Waals surface area contributed by atoms with Gasteiger partial charge in [-0.1, -0.05) is 13.8 Å². The lowest BCUT2D eigenvalue weighted by atomic mass is 9.99. The lowest BCUT2D eigenvalue weighted by Gasteiger charge is -2.35. The fraction of sp³-hybridized carbons (Fsp3) is 0.750. The summed E-state index contributed by atoms with van der Waals surface area (Å²) in [6, 6.07) is 0. The summed E-state index contributed by atoms with van der Waals surface area (Å²) in [6.45, 7) is 8.84. The minimum Gasteiger partial charge on any atom is -0.393 e. The van der Waals surface area contributed by atoms with Crippen molar-refractivity contribution in [3.8, 4) is 0 Å². The second-order valence-electron chi connectivity index (χ2n) is 6.80. The smallest absolute Gasteiger partial charge is 0.157 e. The number of rotatable bonds is 2. The molecule has 5 heteroatoms. The summed E-state index contributed by atoms with van der Waals surface area (Å²) in [6.07, 6.45) is 6.65. The van der Waals surface area contributed by atoms with E-state index in [1.807, 2.05) is 0 Å². The van der Waals surface area contributed by atoms with E-state index in [0.29, 0.717) is 5.92 Å². The van der Waals surface area contributed by atoms with Crippen molar-refractivity contribution in [3.05, 3.63) is 6.33 Å². The van der Waals surface area contributed by atoms with Crippen molar-refractivity contribution in [3.63, 3.8) is 0 Å². The molecule has 0 radical (unpaired) electrons. The van der Waals surface area contributed by atoms with Crippen LogP contribution in [0.2, 0.25) is 0 Å². The van der Waals surface area contributed by atoms with Crippen LogP contribution in [0.15, 0.2) is 6.33 Å². The number of piperidine rings is 2. The third kappa shape index (κ3) is 3.06. The standard InChI is InChI=1S/C16H27N5/c1-12-5-8-20(9-6-12)15-14(17)16(19-11-18-15)21-7-3-4-13(2)10-21/h11-13H,3-10,17H2,1-2H3. The number of nitrogen functional groups attached to an aromatic ring is 1. The maximum absolute atomic E-state index is 6.42. The number of hydrogen-bond donors (Lipinski definition) is 1. The van der Waals surface area contributed by atoms with E-state index in [2.05, 4.69) is 33.6 Å². The Balaban J connectivity index is 1.81. The Morgan fingerprint density at radius 1 is 0.952 bits per heavy atom. The van der Waals surface area contributed by atoms with E-state index in [-0.39, 0.29) is 0 Å². The number of aromatic nitrogens is 2. The van der Waals surface area contributed by atoms with Crippen molar-refractivity contribution in [2.24, 2.45) is 11.8 Å². The maximum atomic E-state index is 6.42. The van der Waals surface area contributed by atoms with E-state index in [0.717, 1.165) is 49.4 Å². The molecule has 5 nitrogen and oxygen atoms in total. The zero-order valence-electron chi connectivity index (χ0n) is 13.3. The molecule has 1 unspecified atom stereocenters. The minimum atomic E-state index is 0.715. The summed E-state index contributed by atoms with van der Waals surface area (Å²) < 4.78 is 0. The second kappa shape index (κ2) is 6.08. The molecule has 2 aliphatic heterocycles. The zero-order chi connectivity index (χ0) is 14.8. The highest BCUT2D eigenvalue weighted by Crippen LogP contribution is 2.33. The molecule has 0 aliphatic carbocycles. The van der Waals surface area contributed by atoms with Crippen molar-refractivity contribution in [2.75, 3.05) is 41.7 Å². The van der Waals surface area contributed by atoms with E-state index >= 15 is 0 Å². The molecule has 1 aromatic rings. The summed E-state index contributed by atoms with van der Waals surface area (Å²) in [5.41, 5.74) is 7.18. The molecule has 1 atom stereocenters. The van der Waals surface area contributed by atoms with Crippen LogP contribution in [0.4, 0.5) is 17.3 Å². The normalized spacial score (nSPS) is 24.4. The molecule has 21 heavy (non-hydrogen) atoms. The summed E-state index contributed by atoms with van der Waals surface area (Å²) in [5.74, 6) is 3.40. The van der Waals surface area contributed by atoms with Crippen molar-refractivity contribution in [1.82, 2.24) is 9.97 Å². The molecule has 1 aromatic heterocycles. The van der Waals surface area contributed by atoms with Crippen molar-refractivity contribution in [2.45, 2.75) is 39.5 Å². The Hall–Kier alpha value is -1.52. The number of hydrogen-bond acceptors (Lipinski definition) is 5. The Kier molecular flexibility index (Phi) is 4.17. The van der Waals surface area contributed by atoms with Crippen molar-refractivity contribution >= 4 is 17.3 Å². The van der Waals surface area contributed by atoms with Crippen LogP contribution in [0.1, 0.15) is 39.5 Å². The second-order valence-corrected chi connectivity index (χ2v) is 6.80. The van der Waals surface area contributed by atoms with Gasteiger partial charge in [0.15, 0.2) is 11.6 Å². The predicted molar refractivity (Wildman–Crippen MR) is 87.7 cm³/mol. The molecule has 116 valence electrons. The maximum Gasteiger partial charge on any atom is 0.157 e. The van der Waals surface area contributed by atoms with Gasteiger partial charge in [-0.25, -0.2) is 9.97 Å². The zero-order valence-corrected chi connectivity index (χ0v) is 13.3. The molecule has 0 saturated carbocycles.